The second-order valence-electron chi connectivity index (χ2n) is 8.12. The summed E-state index contributed by atoms with van der Waals surface area (Å²) in [6.07, 6.45) is 4.95. The first kappa shape index (κ1) is 19.6. The maximum atomic E-state index is 12.7. The van der Waals surface area contributed by atoms with Crippen molar-refractivity contribution in [1.29, 1.82) is 0 Å². The number of rotatable bonds is 4. The van der Waals surface area contributed by atoms with Crippen molar-refractivity contribution in [2.24, 2.45) is 0 Å². The summed E-state index contributed by atoms with van der Waals surface area (Å²) in [6, 6.07) is -0.345. The summed E-state index contributed by atoms with van der Waals surface area (Å²) in [4.78, 5) is 52.4. The van der Waals surface area contributed by atoms with Crippen LogP contribution in [0.1, 0.15) is 65.7 Å². The minimum atomic E-state index is -0.943. The summed E-state index contributed by atoms with van der Waals surface area (Å²) in [7, 11) is 0. The fraction of sp³-hybridized carbons (Fsp3) is 0.789. The monoisotopic (exact) mass is 379 g/mol. The Labute approximate surface area is 159 Å². The van der Waals surface area contributed by atoms with Crippen molar-refractivity contribution in [1.82, 2.24) is 15.1 Å². The molecule has 3 fully saturated rings. The lowest BCUT2D eigenvalue weighted by molar-refractivity contribution is -0.163. The number of likely N-dealkylation sites (tertiary alicyclic amines) is 1. The highest BCUT2D eigenvalue weighted by Gasteiger charge is 2.53. The summed E-state index contributed by atoms with van der Waals surface area (Å²) in [5.74, 6) is -1.33. The van der Waals surface area contributed by atoms with Gasteiger partial charge in [-0.05, 0) is 52.9 Å². The van der Waals surface area contributed by atoms with Crippen molar-refractivity contribution >= 4 is 23.8 Å². The van der Waals surface area contributed by atoms with Gasteiger partial charge in [0.1, 0.15) is 12.1 Å². The topological polar surface area (TPSA) is 96.0 Å². The lowest BCUT2D eigenvalue weighted by Gasteiger charge is -2.40. The van der Waals surface area contributed by atoms with Gasteiger partial charge < -0.3 is 15.0 Å². The molecule has 0 bridgehead atoms. The minimum absolute atomic E-state index is 0.107. The highest BCUT2D eigenvalue weighted by Crippen LogP contribution is 2.35. The van der Waals surface area contributed by atoms with E-state index in [0.717, 1.165) is 37.0 Å². The van der Waals surface area contributed by atoms with Crippen molar-refractivity contribution in [3.05, 3.63) is 0 Å². The second kappa shape index (κ2) is 7.48. The number of carbonyl (C=O) groups is 4. The zero-order valence-electron chi connectivity index (χ0n) is 16.3. The van der Waals surface area contributed by atoms with E-state index in [0.29, 0.717) is 12.8 Å². The number of nitrogens with zero attached hydrogens (tertiary/aromatic N) is 2. The zero-order valence-corrected chi connectivity index (χ0v) is 16.3. The Kier molecular flexibility index (Phi) is 5.44. The molecule has 8 nitrogen and oxygen atoms in total. The normalized spacial score (nSPS) is 28.4. The summed E-state index contributed by atoms with van der Waals surface area (Å²) < 4.78 is 5.27. The van der Waals surface area contributed by atoms with Gasteiger partial charge in [-0.15, -0.1) is 0 Å². The first-order valence-electron chi connectivity index (χ1n) is 9.91. The largest absolute Gasteiger partial charge is 0.451 e. The number of piperidine rings is 1. The van der Waals surface area contributed by atoms with Crippen LogP contribution in [0.5, 0.6) is 0 Å². The number of carbonyl (C=O) groups excluding carboxylic acids is 4. The van der Waals surface area contributed by atoms with E-state index < -0.39 is 30.2 Å². The molecule has 0 aromatic carbocycles. The van der Waals surface area contributed by atoms with Gasteiger partial charge in [-0.3, -0.25) is 19.3 Å². The molecule has 0 radical (unpaired) electrons. The molecule has 4 amide bonds. The van der Waals surface area contributed by atoms with Gasteiger partial charge in [-0.2, -0.15) is 0 Å². The zero-order chi connectivity index (χ0) is 19.8. The first-order chi connectivity index (χ1) is 12.7. The number of urea groups is 1. The molecule has 8 heteroatoms. The van der Waals surface area contributed by atoms with E-state index in [1.165, 1.54) is 0 Å². The van der Waals surface area contributed by atoms with Crippen LogP contribution in [0.4, 0.5) is 4.79 Å². The summed E-state index contributed by atoms with van der Waals surface area (Å²) >= 11 is 0. The predicted molar refractivity (Wildman–Crippen MR) is 96.6 cm³/mol. The summed E-state index contributed by atoms with van der Waals surface area (Å²) in [5, 5.41) is 2.73. The van der Waals surface area contributed by atoms with Gasteiger partial charge >= 0.3 is 12.0 Å². The Morgan fingerprint density at radius 2 is 1.74 bits per heavy atom. The Hall–Kier alpha value is -2.12. The minimum Gasteiger partial charge on any atom is -0.451 e. The molecule has 27 heavy (non-hydrogen) atoms. The molecule has 0 unspecified atom stereocenters. The maximum absolute atomic E-state index is 12.7. The van der Waals surface area contributed by atoms with Crippen LogP contribution < -0.4 is 5.32 Å². The van der Waals surface area contributed by atoms with E-state index in [9.17, 15) is 19.2 Å². The predicted octanol–water partition coefficient (Wildman–Crippen LogP) is 1.57. The van der Waals surface area contributed by atoms with Crippen molar-refractivity contribution in [2.45, 2.75) is 89.4 Å². The van der Waals surface area contributed by atoms with Crippen molar-refractivity contribution in [3.63, 3.8) is 0 Å². The molecule has 1 saturated carbocycles. The van der Waals surface area contributed by atoms with Gasteiger partial charge in [-0.1, -0.05) is 12.8 Å². The molecule has 150 valence electrons. The molecule has 3 atom stereocenters. The molecule has 1 aliphatic carbocycles. The van der Waals surface area contributed by atoms with E-state index in [4.69, 9.17) is 4.74 Å². The molecule has 2 aliphatic heterocycles. The Bertz CT molecular complexity index is 633. The number of nitrogens with one attached hydrogen (secondary N) is 1. The number of ether oxygens (including phenoxy) is 1. The molecule has 2 heterocycles. The lowest BCUT2D eigenvalue weighted by atomic mass is 9.97. The molecule has 1 spiro atoms. The number of esters is 1. The van der Waals surface area contributed by atoms with Crippen LogP contribution in [0.15, 0.2) is 0 Å². The van der Waals surface area contributed by atoms with Gasteiger partial charge in [0.25, 0.3) is 11.8 Å². The average molecular weight is 379 g/mol. The molecule has 2 saturated heterocycles. The molecule has 1 N–H and O–H groups in total. The van der Waals surface area contributed by atoms with Crippen LogP contribution in [0.25, 0.3) is 0 Å². The molecular weight excluding hydrogens is 350 g/mol. The van der Waals surface area contributed by atoms with Crippen LogP contribution in [-0.4, -0.2) is 63.9 Å². The smallest absolute Gasteiger partial charge is 0.327 e. The number of amides is 4. The SMILES string of the molecule is C[C@@H]1CCC[C@@H](C)N1C(=O)[C@@H](C)OC(=O)CN1C(=O)NC2(CCCC2)C1=O. The van der Waals surface area contributed by atoms with E-state index in [-0.39, 0.29) is 23.9 Å². The van der Waals surface area contributed by atoms with E-state index in [1.807, 2.05) is 13.8 Å². The van der Waals surface area contributed by atoms with E-state index in [1.54, 1.807) is 11.8 Å². The molecule has 0 aromatic rings. The Morgan fingerprint density at radius 3 is 2.33 bits per heavy atom. The Balaban J connectivity index is 1.58. The Morgan fingerprint density at radius 1 is 1.15 bits per heavy atom. The van der Waals surface area contributed by atoms with Crippen LogP contribution in [0, 0.1) is 0 Å². The summed E-state index contributed by atoms with van der Waals surface area (Å²) in [5.41, 5.74) is -0.850. The molecule has 3 rings (SSSR count). The van der Waals surface area contributed by atoms with Gasteiger partial charge in [0, 0.05) is 12.1 Å². The number of hydrogen-bond donors (Lipinski definition) is 1. The van der Waals surface area contributed by atoms with Crippen molar-refractivity contribution < 1.29 is 23.9 Å². The van der Waals surface area contributed by atoms with Crippen LogP contribution >= 0.6 is 0 Å². The van der Waals surface area contributed by atoms with Crippen molar-refractivity contribution in [3.8, 4) is 0 Å². The molecule has 3 aliphatic rings. The van der Waals surface area contributed by atoms with Gasteiger partial charge in [0.05, 0.1) is 0 Å². The van der Waals surface area contributed by atoms with Crippen LogP contribution in [0.2, 0.25) is 0 Å². The van der Waals surface area contributed by atoms with Gasteiger partial charge in [0.15, 0.2) is 6.10 Å². The van der Waals surface area contributed by atoms with Gasteiger partial charge in [0.2, 0.25) is 0 Å². The third-order valence-electron chi connectivity index (χ3n) is 6.09. The van der Waals surface area contributed by atoms with Crippen molar-refractivity contribution in [2.75, 3.05) is 6.54 Å². The fourth-order valence-corrected chi connectivity index (χ4v) is 4.62. The standard InChI is InChI=1S/C19H29N3O5/c1-12-7-6-8-13(2)22(12)16(24)14(3)27-15(23)11-21-17(25)19(20-18(21)26)9-4-5-10-19/h12-14H,4-11H2,1-3H3,(H,20,26)/t12-,13-,14-/m1/s1. The van der Waals surface area contributed by atoms with E-state index >= 15 is 0 Å². The number of hydrogen-bond acceptors (Lipinski definition) is 5. The quantitative estimate of drug-likeness (QED) is 0.591. The third kappa shape index (κ3) is 3.66. The molecule has 0 aromatic heterocycles. The number of imide groups is 1. The molecular formula is C19H29N3O5. The summed E-state index contributed by atoms with van der Waals surface area (Å²) in [6.45, 7) is 5.07. The highest BCUT2D eigenvalue weighted by atomic mass is 16.5. The highest BCUT2D eigenvalue weighted by molar-refractivity contribution is 6.08. The second-order valence-corrected chi connectivity index (χ2v) is 8.12. The van der Waals surface area contributed by atoms with Crippen LogP contribution in [0.3, 0.4) is 0 Å². The van der Waals surface area contributed by atoms with Crippen LogP contribution in [-0.2, 0) is 19.1 Å². The average Bonchev–Trinajstić information content (AvgIpc) is 3.15. The maximum Gasteiger partial charge on any atom is 0.327 e. The van der Waals surface area contributed by atoms with Gasteiger partial charge in [-0.25, -0.2) is 4.79 Å². The third-order valence-corrected chi connectivity index (χ3v) is 6.09. The first-order valence-corrected chi connectivity index (χ1v) is 9.91. The fourth-order valence-electron chi connectivity index (χ4n) is 4.62. The van der Waals surface area contributed by atoms with E-state index in [2.05, 4.69) is 5.32 Å². The lowest BCUT2D eigenvalue weighted by Crippen LogP contribution is -2.52.